The van der Waals surface area contributed by atoms with E-state index < -0.39 is 10.8 Å². The lowest BCUT2D eigenvalue weighted by Crippen LogP contribution is -2.46. The number of aliphatic imine (C=N–C) groups is 1. The maximum Gasteiger partial charge on any atom is 0.213 e. The summed E-state index contributed by atoms with van der Waals surface area (Å²) in [5, 5.41) is 7.02. The first-order chi connectivity index (χ1) is 11.8. The van der Waals surface area contributed by atoms with E-state index in [0.717, 1.165) is 43.2 Å². The molecular formula is C18H32N4O2S. The van der Waals surface area contributed by atoms with Gasteiger partial charge >= 0.3 is 0 Å². The topological polar surface area (TPSA) is 79.5 Å². The fourth-order valence-electron chi connectivity index (χ4n) is 3.04. The van der Waals surface area contributed by atoms with Crippen LogP contribution in [0.2, 0.25) is 0 Å². The molecule has 0 amide bonds. The van der Waals surface area contributed by atoms with Crippen molar-refractivity contribution in [2.24, 2.45) is 4.99 Å². The summed E-state index contributed by atoms with van der Waals surface area (Å²) < 4.78 is 17.9. The first-order valence-electron chi connectivity index (χ1n) is 9.13. The minimum absolute atomic E-state index is 0.0444. The Morgan fingerprint density at radius 2 is 2.20 bits per heavy atom. The Bertz CT molecular complexity index is 606. The highest BCUT2D eigenvalue weighted by Gasteiger charge is 2.26. The number of aromatic nitrogens is 1. The lowest BCUT2D eigenvalue weighted by molar-refractivity contribution is 0.378. The largest absolute Gasteiger partial charge is 0.443 e. The molecule has 1 saturated carbocycles. The van der Waals surface area contributed by atoms with Crippen LogP contribution in [0.1, 0.15) is 65.0 Å². The van der Waals surface area contributed by atoms with Crippen molar-refractivity contribution in [3.05, 3.63) is 17.8 Å². The quantitative estimate of drug-likeness (QED) is 0.617. The van der Waals surface area contributed by atoms with Crippen molar-refractivity contribution in [1.82, 2.24) is 15.6 Å². The maximum atomic E-state index is 12.1. The van der Waals surface area contributed by atoms with Crippen LogP contribution in [0.5, 0.6) is 0 Å². The van der Waals surface area contributed by atoms with Gasteiger partial charge in [-0.1, -0.05) is 34.1 Å². The summed E-state index contributed by atoms with van der Waals surface area (Å²) >= 11 is 0. The SMILES string of the molecule is CCS(=O)C1CCCC(NC(=NC)NCc2ncc(C(C)(C)C)o2)C1. The van der Waals surface area contributed by atoms with Crippen molar-refractivity contribution >= 4 is 16.8 Å². The van der Waals surface area contributed by atoms with Crippen molar-refractivity contribution < 1.29 is 8.63 Å². The molecule has 0 aromatic carbocycles. The van der Waals surface area contributed by atoms with E-state index >= 15 is 0 Å². The van der Waals surface area contributed by atoms with E-state index in [4.69, 9.17) is 4.42 Å². The average Bonchev–Trinajstić information content (AvgIpc) is 3.07. The maximum absolute atomic E-state index is 12.1. The fraction of sp³-hybridized carbons (Fsp3) is 0.778. The number of guanidine groups is 1. The van der Waals surface area contributed by atoms with Gasteiger partial charge in [0.1, 0.15) is 5.76 Å². The average molecular weight is 369 g/mol. The zero-order valence-electron chi connectivity index (χ0n) is 16.1. The molecule has 2 N–H and O–H groups in total. The van der Waals surface area contributed by atoms with Gasteiger partial charge in [-0.3, -0.25) is 9.20 Å². The number of nitrogens with one attached hydrogen (secondary N) is 2. The Hall–Kier alpha value is -1.37. The van der Waals surface area contributed by atoms with E-state index in [1.165, 1.54) is 0 Å². The van der Waals surface area contributed by atoms with Crippen LogP contribution in [0.15, 0.2) is 15.6 Å². The molecule has 1 aliphatic rings. The fourth-order valence-corrected chi connectivity index (χ4v) is 4.38. The van der Waals surface area contributed by atoms with Crippen molar-refractivity contribution in [2.75, 3.05) is 12.8 Å². The lowest BCUT2D eigenvalue weighted by Gasteiger charge is -2.30. The molecule has 0 bridgehead atoms. The predicted octanol–water partition coefficient (Wildman–Crippen LogP) is 2.72. The molecule has 25 heavy (non-hydrogen) atoms. The molecule has 0 spiro atoms. The highest BCUT2D eigenvalue weighted by molar-refractivity contribution is 7.85. The molecule has 1 aliphatic carbocycles. The zero-order chi connectivity index (χ0) is 18.4. The summed E-state index contributed by atoms with van der Waals surface area (Å²) in [6.45, 7) is 8.80. The minimum Gasteiger partial charge on any atom is -0.443 e. The van der Waals surface area contributed by atoms with Crippen molar-refractivity contribution in [3.63, 3.8) is 0 Å². The van der Waals surface area contributed by atoms with Gasteiger partial charge in [0.15, 0.2) is 5.96 Å². The van der Waals surface area contributed by atoms with Crippen LogP contribution >= 0.6 is 0 Å². The number of hydrogen-bond donors (Lipinski definition) is 2. The lowest BCUT2D eigenvalue weighted by atomic mass is 9.94. The Labute approximate surface area is 153 Å². The molecule has 0 aliphatic heterocycles. The molecule has 3 atom stereocenters. The Balaban J connectivity index is 1.86. The summed E-state index contributed by atoms with van der Waals surface area (Å²) in [4.78, 5) is 8.62. The molecule has 1 heterocycles. The molecule has 3 unspecified atom stereocenters. The third kappa shape index (κ3) is 5.83. The van der Waals surface area contributed by atoms with E-state index in [9.17, 15) is 4.21 Å². The number of nitrogens with zero attached hydrogens (tertiary/aromatic N) is 2. The summed E-state index contributed by atoms with van der Waals surface area (Å²) in [5.41, 5.74) is -0.0444. The molecule has 1 aromatic heterocycles. The minimum atomic E-state index is -0.715. The molecular weight excluding hydrogens is 336 g/mol. The van der Waals surface area contributed by atoms with E-state index in [-0.39, 0.29) is 5.41 Å². The van der Waals surface area contributed by atoms with Gasteiger partial charge in [0.2, 0.25) is 5.89 Å². The molecule has 1 fully saturated rings. The van der Waals surface area contributed by atoms with E-state index in [1.54, 1.807) is 13.2 Å². The molecule has 7 heteroatoms. The van der Waals surface area contributed by atoms with E-state index in [1.807, 2.05) is 6.92 Å². The Morgan fingerprint density at radius 1 is 1.44 bits per heavy atom. The number of hydrogen-bond acceptors (Lipinski definition) is 4. The van der Waals surface area contributed by atoms with Crippen LogP contribution in [0.4, 0.5) is 0 Å². The van der Waals surface area contributed by atoms with Crippen molar-refractivity contribution in [3.8, 4) is 0 Å². The van der Waals surface area contributed by atoms with Crippen molar-refractivity contribution in [1.29, 1.82) is 0 Å². The summed E-state index contributed by atoms with van der Waals surface area (Å²) in [5.74, 6) is 3.01. The predicted molar refractivity (Wildman–Crippen MR) is 103 cm³/mol. The van der Waals surface area contributed by atoms with E-state index in [0.29, 0.717) is 23.7 Å². The second-order valence-electron chi connectivity index (χ2n) is 7.59. The second-order valence-corrected chi connectivity index (χ2v) is 9.60. The third-order valence-electron chi connectivity index (χ3n) is 4.55. The van der Waals surface area contributed by atoms with E-state index in [2.05, 4.69) is 41.4 Å². The first kappa shape index (κ1) is 19.9. The summed E-state index contributed by atoms with van der Waals surface area (Å²) in [6.07, 6.45) is 5.99. The van der Waals surface area contributed by atoms with Crippen LogP contribution in [-0.2, 0) is 22.8 Å². The van der Waals surface area contributed by atoms with Crippen LogP contribution in [0, 0.1) is 0 Å². The number of oxazole rings is 1. The normalized spacial score (nSPS) is 23.3. The molecule has 6 nitrogen and oxygen atoms in total. The standard InChI is InChI=1S/C18H32N4O2S/c1-6-25(23)14-9-7-8-13(10-14)22-17(19-5)21-12-16-20-11-15(24-16)18(2,3)4/h11,13-14H,6-10,12H2,1-5H3,(H2,19,21,22). The monoisotopic (exact) mass is 368 g/mol. The van der Waals surface area contributed by atoms with Gasteiger partial charge in [0, 0.05) is 40.3 Å². The highest BCUT2D eigenvalue weighted by atomic mass is 32.2. The van der Waals surface area contributed by atoms with Gasteiger partial charge in [0.25, 0.3) is 0 Å². The van der Waals surface area contributed by atoms with Gasteiger partial charge in [-0.2, -0.15) is 0 Å². The zero-order valence-corrected chi connectivity index (χ0v) is 16.9. The van der Waals surface area contributed by atoms with Crippen molar-refractivity contribution in [2.45, 2.75) is 76.6 Å². The van der Waals surface area contributed by atoms with Gasteiger partial charge in [0.05, 0.1) is 12.7 Å². The van der Waals surface area contributed by atoms with Gasteiger partial charge < -0.3 is 15.1 Å². The van der Waals surface area contributed by atoms with Crippen LogP contribution in [0.3, 0.4) is 0 Å². The molecule has 142 valence electrons. The molecule has 0 radical (unpaired) electrons. The molecule has 0 saturated heterocycles. The van der Waals surface area contributed by atoms with Gasteiger partial charge in [-0.15, -0.1) is 0 Å². The first-order valence-corrected chi connectivity index (χ1v) is 10.5. The van der Waals surface area contributed by atoms with Crippen LogP contribution < -0.4 is 10.6 Å². The Morgan fingerprint density at radius 3 is 2.80 bits per heavy atom. The van der Waals surface area contributed by atoms with Crippen LogP contribution in [-0.4, -0.2) is 39.2 Å². The molecule has 2 rings (SSSR count). The van der Waals surface area contributed by atoms with Crippen LogP contribution in [0.25, 0.3) is 0 Å². The third-order valence-corrected chi connectivity index (χ3v) is 6.29. The number of rotatable bonds is 5. The summed E-state index contributed by atoms with van der Waals surface area (Å²) in [6, 6.07) is 0.315. The highest BCUT2D eigenvalue weighted by Crippen LogP contribution is 2.23. The van der Waals surface area contributed by atoms with Gasteiger partial charge in [-0.25, -0.2) is 4.98 Å². The Kier molecular flexibility index (Phi) is 7.04. The molecule has 1 aromatic rings. The smallest absolute Gasteiger partial charge is 0.213 e. The van der Waals surface area contributed by atoms with Gasteiger partial charge in [-0.05, 0) is 19.3 Å². The summed E-state index contributed by atoms with van der Waals surface area (Å²) in [7, 11) is 1.04. The second kappa shape index (κ2) is 8.83.